The fourth-order valence-corrected chi connectivity index (χ4v) is 16.8. The first-order valence-corrected chi connectivity index (χ1v) is 23.4. The van der Waals surface area contributed by atoms with Crippen molar-refractivity contribution >= 4 is 100 Å². The van der Waals surface area contributed by atoms with Gasteiger partial charge in [0.15, 0.2) is 8.07 Å². The summed E-state index contributed by atoms with van der Waals surface area (Å²) in [4.78, 5) is 1.52. The van der Waals surface area contributed by atoms with Crippen LogP contribution in [-0.4, -0.2) is 17.2 Å². The SMILES string of the molecule is C1=Cc2c(sc3c2ccc2c4ccccc4n(C4=CC=C([Si](c5ccccc5)(c5ccccc5)c5cccc(-n6c7ccccc7c7ccccc76)c5)CC4)c23)CC1. The third-order valence-corrected chi connectivity index (χ3v) is 19.1. The average Bonchev–Trinajstić information content (AvgIpc) is 3.96. The molecular formula is C54H40N2SSi. The molecule has 2 aliphatic carbocycles. The monoisotopic (exact) mass is 776 g/mol. The van der Waals surface area contributed by atoms with E-state index >= 15 is 0 Å². The number of aromatic nitrogens is 2. The van der Waals surface area contributed by atoms with Gasteiger partial charge in [-0.2, -0.15) is 0 Å². The second-order valence-corrected chi connectivity index (χ2v) is 20.8. The van der Waals surface area contributed by atoms with Crippen molar-refractivity contribution in [3.63, 3.8) is 0 Å². The van der Waals surface area contributed by atoms with Gasteiger partial charge in [-0.25, -0.2) is 0 Å². The maximum atomic E-state index is 2.61. The predicted molar refractivity (Wildman–Crippen MR) is 252 cm³/mol. The molecule has 2 aliphatic rings. The largest absolute Gasteiger partial charge is 0.312 e. The van der Waals surface area contributed by atoms with E-state index < -0.39 is 8.07 Å². The summed E-state index contributed by atoms with van der Waals surface area (Å²) in [6.45, 7) is 0. The second-order valence-electron chi connectivity index (χ2n) is 15.8. The lowest BCUT2D eigenvalue weighted by Gasteiger charge is -2.38. The van der Waals surface area contributed by atoms with Crippen LogP contribution in [0, 0.1) is 0 Å². The van der Waals surface area contributed by atoms with Gasteiger partial charge in [0, 0.05) is 43.2 Å². The lowest BCUT2D eigenvalue weighted by Crippen LogP contribution is -2.68. The van der Waals surface area contributed by atoms with E-state index in [0.29, 0.717) is 0 Å². The van der Waals surface area contributed by atoms with Gasteiger partial charge < -0.3 is 9.13 Å². The van der Waals surface area contributed by atoms with Crippen molar-refractivity contribution in [1.29, 1.82) is 0 Å². The van der Waals surface area contributed by atoms with Gasteiger partial charge in [0.2, 0.25) is 0 Å². The third kappa shape index (κ3) is 4.89. The lowest BCUT2D eigenvalue weighted by atomic mass is 10.0. The number of benzene rings is 7. The molecule has 7 aromatic carbocycles. The van der Waals surface area contributed by atoms with Crippen LogP contribution in [0.1, 0.15) is 29.7 Å². The Labute approximate surface area is 342 Å². The van der Waals surface area contributed by atoms with E-state index in [4.69, 9.17) is 0 Å². The lowest BCUT2D eigenvalue weighted by molar-refractivity contribution is 0.962. The minimum absolute atomic E-state index is 0.960. The maximum Gasteiger partial charge on any atom is 0.175 e. The van der Waals surface area contributed by atoms with Crippen LogP contribution in [0.25, 0.3) is 71.2 Å². The topological polar surface area (TPSA) is 9.86 Å². The molecule has 0 amide bonds. The Hall–Kier alpha value is -6.46. The number of hydrogen-bond acceptors (Lipinski definition) is 1. The van der Waals surface area contributed by atoms with E-state index in [1.807, 2.05) is 11.3 Å². The Balaban J connectivity index is 1.10. The molecular weight excluding hydrogens is 737 g/mol. The summed E-state index contributed by atoms with van der Waals surface area (Å²) in [5, 5.41) is 12.4. The Bertz CT molecular complexity index is 3250. The van der Waals surface area contributed by atoms with E-state index in [0.717, 1.165) is 25.7 Å². The smallest absolute Gasteiger partial charge is 0.175 e. The van der Waals surface area contributed by atoms with Gasteiger partial charge in [0.1, 0.15) is 0 Å². The maximum absolute atomic E-state index is 2.79. The molecule has 0 atom stereocenters. The average molecular weight is 777 g/mol. The molecule has 3 aromatic heterocycles. The van der Waals surface area contributed by atoms with Crippen molar-refractivity contribution in [1.82, 2.24) is 9.13 Å². The van der Waals surface area contributed by atoms with Crippen molar-refractivity contribution < 1.29 is 0 Å². The van der Waals surface area contributed by atoms with E-state index in [2.05, 4.69) is 203 Å². The number of allylic oxidation sites excluding steroid dienone is 5. The highest BCUT2D eigenvalue weighted by Gasteiger charge is 2.43. The first-order chi connectivity index (χ1) is 28.8. The second kappa shape index (κ2) is 13.3. The molecule has 12 rings (SSSR count). The zero-order valence-electron chi connectivity index (χ0n) is 32.1. The van der Waals surface area contributed by atoms with Crippen molar-refractivity contribution in [2.24, 2.45) is 0 Å². The number of aryl methyl sites for hydroxylation is 1. The van der Waals surface area contributed by atoms with Crippen molar-refractivity contribution in [3.8, 4) is 5.69 Å². The standard InChI is InChI=1S/C54H40N2SSi/c1-3-17-39(18-4-1)58(40-19-5-2-6-20-40,42-21-15-16-38(36-42)55-49-26-11-7-22-43(49)44-23-8-12-27-50(44)55)41-32-30-37(31-33-41)56-51-28-13-9-24-45(51)47-34-35-48-46-25-10-14-29-52(46)57-54(48)53(47)56/h1-13,15-28,30,32,34-36H,14,29,31,33H2. The molecule has 0 aliphatic heterocycles. The van der Waals surface area contributed by atoms with E-state index in [-0.39, 0.29) is 0 Å². The fourth-order valence-electron chi connectivity index (χ4n) is 10.4. The Kier molecular flexibility index (Phi) is 7.72. The molecule has 0 N–H and O–H groups in total. The minimum atomic E-state index is -2.79. The quantitative estimate of drug-likeness (QED) is 0.118. The van der Waals surface area contributed by atoms with Gasteiger partial charge in [0.25, 0.3) is 0 Å². The highest BCUT2D eigenvalue weighted by Crippen LogP contribution is 2.45. The van der Waals surface area contributed by atoms with E-state index in [1.54, 1.807) is 0 Å². The number of nitrogens with zero attached hydrogens (tertiary/aromatic N) is 2. The highest BCUT2D eigenvalue weighted by molar-refractivity contribution is 7.20. The molecule has 0 bridgehead atoms. The number of hydrogen-bond donors (Lipinski definition) is 0. The molecule has 0 unspecified atom stereocenters. The molecule has 0 saturated heterocycles. The zero-order chi connectivity index (χ0) is 38.2. The molecule has 0 radical (unpaired) electrons. The van der Waals surface area contributed by atoms with Gasteiger partial charge in [-0.05, 0) is 83.2 Å². The molecule has 0 saturated carbocycles. The number of thiophene rings is 1. The molecule has 0 spiro atoms. The summed E-state index contributed by atoms with van der Waals surface area (Å²) in [5.41, 5.74) is 9.13. The number of fused-ring (bicyclic) bond motifs is 10. The molecule has 4 heteroatoms. The van der Waals surface area contributed by atoms with E-state index in [1.165, 1.54) is 96.3 Å². The molecule has 58 heavy (non-hydrogen) atoms. The normalized spacial score (nSPS) is 14.4. The number of rotatable bonds is 6. The van der Waals surface area contributed by atoms with Crippen LogP contribution in [0.5, 0.6) is 0 Å². The van der Waals surface area contributed by atoms with Gasteiger partial charge >= 0.3 is 0 Å². The molecule has 0 fully saturated rings. The summed E-state index contributed by atoms with van der Waals surface area (Å²) < 4.78 is 6.50. The highest BCUT2D eigenvalue weighted by atomic mass is 32.1. The fraction of sp³-hybridized carbons (Fsp3) is 0.0741. The Morgan fingerprint density at radius 2 is 1.05 bits per heavy atom. The van der Waals surface area contributed by atoms with Crippen LogP contribution in [0.15, 0.2) is 193 Å². The summed E-state index contributed by atoms with van der Waals surface area (Å²) in [6.07, 6.45) is 13.9. The summed E-state index contributed by atoms with van der Waals surface area (Å²) in [7, 11) is -2.79. The summed E-state index contributed by atoms with van der Waals surface area (Å²) >= 11 is 2.01. The van der Waals surface area contributed by atoms with Gasteiger partial charge in [-0.15, -0.1) is 11.3 Å². The molecule has 276 valence electrons. The van der Waals surface area contributed by atoms with Crippen LogP contribution < -0.4 is 15.6 Å². The van der Waals surface area contributed by atoms with Crippen molar-refractivity contribution in [2.45, 2.75) is 25.7 Å². The first-order valence-electron chi connectivity index (χ1n) is 20.5. The minimum Gasteiger partial charge on any atom is -0.312 e. The molecule has 3 heterocycles. The van der Waals surface area contributed by atoms with Crippen LogP contribution in [0.2, 0.25) is 0 Å². The van der Waals surface area contributed by atoms with Crippen LogP contribution in [0.3, 0.4) is 0 Å². The summed E-state index contributed by atoms with van der Waals surface area (Å²) in [5.74, 6) is 0. The van der Waals surface area contributed by atoms with Crippen molar-refractivity contribution in [2.75, 3.05) is 0 Å². The Morgan fingerprint density at radius 1 is 0.466 bits per heavy atom. The van der Waals surface area contributed by atoms with E-state index in [9.17, 15) is 0 Å². The number of para-hydroxylation sites is 3. The third-order valence-electron chi connectivity index (χ3n) is 12.9. The summed E-state index contributed by atoms with van der Waals surface area (Å²) in [6, 6.07) is 63.8. The Morgan fingerprint density at radius 3 is 1.71 bits per heavy atom. The molecule has 10 aromatic rings. The van der Waals surface area contributed by atoms with Crippen molar-refractivity contribution in [3.05, 3.63) is 204 Å². The van der Waals surface area contributed by atoms with Crippen LogP contribution in [-0.2, 0) is 6.42 Å². The molecule has 2 nitrogen and oxygen atoms in total. The van der Waals surface area contributed by atoms with Gasteiger partial charge in [-0.3, -0.25) is 0 Å². The van der Waals surface area contributed by atoms with Crippen LogP contribution >= 0.6 is 11.3 Å². The predicted octanol–water partition coefficient (Wildman–Crippen LogP) is 12.3. The van der Waals surface area contributed by atoms with Gasteiger partial charge in [-0.1, -0.05) is 163 Å². The van der Waals surface area contributed by atoms with Crippen LogP contribution in [0.4, 0.5) is 0 Å². The first kappa shape index (κ1) is 33.7. The zero-order valence-corrected chi connectivity index (χ0v) is 33.9. The van der Waals surface area contributed by atoms with Gasteiger partial charge in [0.05, 0.1) is 26.8 Å².